The normalized spacial score (nSPS) is 22.2. The van der Waals surface area contributed by atoms with Crippen molar-refractivity contribution < 1.29 is 5.11 Å². The second-order valence-corrected chi connectivity index (χ2v) is 4.44. The van der Waals surface area contributed by atoms with Gasteiger partial charge in [-0.25, -0.2) is 0 Å². The van der Waals surface area contributed by atoms with E-state index in [0.717, 1.165) is 6.42 Å². The molecule has 1 aliphatic rings. The number of hydrogen-bond acceptors (Lipinski definition) is 1. The molecule has 12 heavy (non-hydrogen) atoms. The Labute approximate surface area is 76.2 Å². The van der Waals surface area contributed by atoms with E-state index in [1.165, 1.54) is 38.5 Å². The SMILES string of the molecule is CCCCCCC(C)(O)C1CC1. The predicted molar refractivity (Wildman–Crippen MR) is 52.1 cm³/mol. The fourth-order valence-corrected chi connectivity index (χ4v) is 1.82. The molecule has 1 atom stereocenters. The van der Waals surface area contributed by atoms with Crippen molar-refractivity contribution in [2.75, 3.05) is 0 Å². The van der Waals surface area contributed by atoms with E-state index in [1.807, 2.05) is 6.92 Å². The predicted octanol–water partition coefficient (Wildman–Crippen LogP) is 3.12. The van der Waals surface area contributed by atoms with E-state index in [2.05, 4.69) is 6.92 Å². The van der Waals surface area contributed by atoms with E-state index in [9.17, 15) is 5.11 Å². The van der Waals surface area contributed by atoms with Gasteiger partial charge < -0.3 is 5.11 Å². The molecule has 0 radical (unpaired) electrons. The topological polar surface area (TPSA) is 20.2 Å². The molecule has 1 heteroatoms. The Morgan fingerprint density at radius 2 is 1.92 bits per heavy atom. The second-order valence-electron chi connectivity index (χ2n) is 4.44. The van der Waals surface area contributed by atoms with Crippen LogP contribution in [-0.4, -0.2) is 10.7 Å². The molecular weight excluding hydrogens is 148 g/mol. The molecule has 1 aliphatic carbocycles. The van der Waals surface area contributed by atoms with Crippen molar-refractivity contribution in [2.45, 2.75) is 64.4 Å². The van der Waals surface area contributed by atoms with Gasteiger partial charge in [0.1, 0.15) is 0 Å². The van der Waals surface area contributed by atoms with Crippen molar-refractivity contribution in [3.05, 3.63) is 0 Å². The highest BCUT2D eigenvalue weighted by Crippen LogP contribution is 2.41. The van der Waals surface area contributed by atoms with Crippen molar-refractivity contribution in [3.8, 4) is 0 Å². The molecule has 1 fully saturated rings. The van der Waals surface area contributed by atoms with Gasteiger partial charge in [0.25, 0.3) is 0 Å². The maximum Gasteiger partial charge on any atom is 0.0647 e. The summed E-state index contributed by atoms with van der Waals surface area (Å²) in [5, 5.41) is 9.95. The first-order valence-corrected chi connectivity index (χ1v) is 5.39. The molecule has 0 spiro atoms. The molecule has 1 saturated carbocycles. The van der Waals surface area contributed by atoms with Gasteiger partial charge in [0, 0.05) is 0 Å². The molecule has 0 bridgehead atoms. The molecular formula is C11H22O. The van der Waals surface area contributed by atoms with Gasteiger partial charge in [-0.2, -0.15) is 0 Å². The number of hydrogen-bond donors (Lipinski definition) is 1. The minimum Gasteiger partial charge on any atom is -0.390 e. The summed E-state index contributed by atoms with van der Waals surface area (Å²) in [6, 6.07) is 0. The maximum atomic E-state index is 9.95. The monoisotopic (exact) mass is 170 g/mol. The summed E-state index contributed by atoms with van der Waals surface area (Å²) in [5.74, 6) is 0.624. The third kappa shape index (κ3) is 3.14. The zero-order valence-corrected chi connectivity index (χ0v) is 8.47. The van der Waals surface area contributed by atoms with Crippen LogP contribution in [0, 0.1) is 5.92 Å². The van der Waals surface area contributed by atoms with Crippen molar-refractivity contribution in [1.29, 1.82) is 0 Å². The van der Waals surface area contributed by atoms with E-state index >= 15 is 0 Å². The number of rotatable bonds is 6. The quantitative estimate of drug-likeness (QED) is 0.607. The fourth-order valence-electron chi connectivity index (χ4n) is 1.82. The van der Waals surface area contributed by atoms with Gasteiger partial charge in [-0.15, -0.1) is 0 Å². The summed E-state index contributed by atoms with van der Waals surface area (Å²) in [4.78, 5) is 0. The first kappa shape index (κ1) is 10.0. The zero-order chi connectivity index (χ0) is 9.03. The third-order valence-corrected chi connectivity index (χ3v) is 2.99. The van der Waals surface area contributed by atoms with Gasteiger partial charge in [0.2, 0.25) is 0 Å². The molecule has 72 valence electrons. The highest BCUT2D eigenvalue weighted by atomic mass is 16.3. The van der Waals surface area contributed by atoms with Crippen LogP contribution in [0.4, 0.5) is 0 Å². The molecule has 1 rings (SSSR count). The Morgan fingerprint density at radius 3 is 2.42 bits per heavy atom. The lowest BCUT2D eigenvalue weighted by molar-refractivity contribution is 0.0255. The van der Waals surface area contributed by atoms with E-state index < -0.39 is 0 Å². The van der Waals surface area contributed by atoms with Gasteiger partial charge in [0.15, 0.2) is 0 Å². The van der Waals surface area contributed by atoms with Crippen molar-refractivity contribution in [2.24, 2.45) is 5.92 Å². The Morgan fingerprint density at radius 1 is 1.25 bits per heavy atom. The van der Waals surface area contributed by atoms with Crippen LogP contribution >= 0.6 is 0 Å². The lowest BCUT2D eigenvalue weighted by Crippen LogP contribution is -2.26. The fraction of sp³-hybridized carbons (Fsp3) is 1.00. The van der Waals surface area contributed by atoms with Gasteiger partial charge in [-0.3, -0.25) is 0 Å². The molecule has 1 unspecified atom stereocenters. The van der Waals surface area contributed by atoms with Crippen LogP contribution in [0.25, 0.3) is 0 Å². The van der Waals surface area contributed by atoms with Gasteiger partial charge in [0.05, 0.1) is 5.60 Å². The molecule has 0 aromatic heterocycles. The summed E-state index contributed by atoms with van der Waals surface area (Å²) in [7, 11) is 0. The van der Waals surface area contributed by atoms with E-state index in [0.29, 0.717) is 5.92 Å². The lowest BCUT2D eigenvalue weighted by Gasteiger charge is -2.22. The first-order valence-electron chi connectivity index (χ1n) is 5.39. The van der Waals surface area contributed by atoms with E-state index in [4.69, 9.17) is 0 Å². The van der Waals surface area contributed by atoms with Crippen LogP contribution in [0.1, 0.15) is 58.8 Å². The smallest absolute Gasteiger partial charge is 0.0647 e. The molecule has 0 heterocycles. The Kier molecular flexibility index (Phi) is 3.57. The van der Waals surface area contributed by atoms with Crippen molar-refractivity contribution in [3.63, 3.8) is 0 Å². The van der Waals surface area contributed by atoms with Gasteiger partial charge in [-0.05, 0) is 32.1 Å². The van der Waals surface area contributed by atoms with Crippen LogP contribution < -0.4 is 0 Å². The molecule has 0 amide bonds. The van der Waals surface area contributed by atoms with Crippen LogP contribution in [0.5, 0.6) is 0 Å². The molecule has 0 aromatic carbocycles. The van der Waals surface area contributed by atoms with Crippen LogP contribution in [0.3, 0.4) is 0 Å². The Balaban J connectivity index is 2.04. The molecule has 0 aliphatic heterocycles. The summed E-state index contributed by atoms with van der Waals surface area (Å²) < 4.78 is 0. The van der Waals surface area contributed by atoms with Gasteiger partial charge in [-0.1, -0.05) is 32.6 Å². The molecule has 0 aromatic rings. The summed E-state index contributed by atoms with van der Waals surface area (Å²) >= 11 is 0. The number of unbranched alkanes of at least 4 members (excludes halogenated alkanes) is 3. The molecule has 1 N–H and O–H groups in total. The van der Waals surface area contributed by atoms with E-state index in [1.54, 1.807) is 0 Å². The van der Waals surface area contributed by atoms with Crippen LogP contribution in [0.2, 0.25) is 0 Å². The van der Waals surface area contributed by atoms with E-state index in [-0.39, 0.29) is 5.60 Å². The van der Waals surface area contributed by atoms with Crippen LogP contribution in [-0.2, 0) is 0 Å². The molecule has 0 saturated heterocycles. The summed E-state index contributed by atoms with van der Waals surface area (Å²) in [6.07, 6.45) is 8.61. The average molecular weight is 170 g/mol. The largest absolute Gasteiger partial charge is 0.390 e. The minimum atomic E-state index is -0.340. The van der Waals surface area contributed by atoms with Gasteiger partial charge >= 0.3 is 0 Å². The maximum absolute atomic E-state index is 9.95. The lowest BCUT2D eigenvalue weighted by atomic mass is 9.93. The minimum absolute atomic E-state index is 0.340. The van der Waals surface area contributed by atoms with Crippen molar-refractivity contribution >= 4 is 0 Å². The Hall–Kier alpha value is -0.0400. The summed E-state index contributed by atoms with van der Waals surface area (Å²) in [5.41, 5.74) is -0.340. The zero-order valence-electron chi connectivity index (χ0n) is 8.47. The van der Waals surface area contributed by atoms with Crippen LogP contribution in [0.15, 0.2) is 0 Å². The van der Waals surface area contributed by atoms with Crippen molar-refractivity contribution in [1.82, 2.24) is 0 Å². The standard InChI is InChI=1S/C11H22O/c1-3-4-5-6-9-11(2,12)10-7-8-10/h10,12H,3-9H2,1-2H3. The third-order valence-electron chi connectivity index (χ3n) is 2.99. The second kappa shape index (κ2) is 4.27. The molecule has 1 nitrogen and oxygen atoms in total. The number of aliphatic hydroxyl groups is 1. The Bertz CT molecular complexity index is 125. The first-order chi connectivity index (χ1) is 5.67. The highest BCUT2D eigenvalue weighted by Gasteiger charge is 2.38. The summed E-state index contributed by atoms with van der Waals surface area (Å²) in [6.45, 7) is 4.23. The average Bonchev–Trinajstić information content (AvgIpc) is 2.80. The highest BCUT2D eigenvalue weighted by molar-refractivity contribution is 4.90.